The molecule has 0 unspecified atom stereocenters. The molecule has 4 rings (SSSR count). The number of benzene rings is 2. The smallest absolute Gasteiger partial charge is 0.132 e. The molecule has 0 saturated heterocycles. The number of halogens is 1. The van der Waals surface area contributed by atoms with E-state index in [1.165, 1.54) is 11.0 Å². The van der Waals surface area contributed by atoms with Gasteiger partial charge < -0.3 is 0 Å². The average Bonchev–Trinajstić information content (AvgIpc) is 2.61. The van der Waals surface area contributed by atoms with Gasteiger partial charge in [-0.3, -0.25) is 9.97 Å². The van der Waals surface area contributed by atoms with E-state index in [9.17, 15) is 4.39 Å². The summed E-state index contributed by atoms with van der Waals surface area (Å²) < 4.78 is 13.9. The molecule has 0 saturated carbocycles. The number of para-hydroxylation sites is 1. The molecule has 0 aliphatic heterocycles. The van der Waals surface area contributed by atoms with Crippen molar-refractivity contribution in [3.05, 3.63) is 78.4 Å². The summed E-state index contributed by atoms with van der Waals surface area (Å²) in [6.07, 6.45) is 3.53. The van der Waals surface area contributed by atoms with Crippen LogP contribution in [0.5, 0.6) is 0 Å². The van der Waals surface area contributed by atoms with Crippen LogP contribution in [0.1, 0.15) is 5.56 Å². The molecular weight excluding hydrogens is 307 g/mol. The van der Waals surface area contributed by atoms with E-state index in [1.807, 2.05) is 36.5 Å². The van der Waals surface area contributed by atoms with Crippen LogP contribution in [0.4, 0.5) is 4.39 Å². The van der Waals surface area contributed by atoms with Gasteiger partial charge >= 0.3 is 0 Å². The first kappa shape index (κ1) is 14.2. The van der Waals surface area contributed by atoms with Gasteiger partial charge in [0.05, 0.1) is 11.0 Å². The molecule has 4 aromatic rings. The average molecular weight is 320 g/mol. The molecule has 0 N–H and O–H groups in total. The molecule has 0 aliphatic carbocycles. The van der Waals surface area contributed by atoms with Gasteiger partial charge in [-0.15, -0.1) is 11.8 Å². The first-order valence-corrected chi connectivity index (χ1v) is 8.30. The van der Waals surface area contributed by atoms with E-state index in [4.69, 9.17) is 0 Å². The van der Waals surface area contributed by atoms with Crippen molar-refractivity contribution in [1.82, 2.24) is 9.97 Å². The van der Waals surface area contributed by atoms with E-state index >= 15 is 0 Å². The SMILES string of the molecule is Fc1ccc(CSc2ccnc3ccccc23)c2ncccc12. The Morgan fingerprint density at radius 1 is 0.826 bits per heavy atom. The summed E-state index contributed by atoms with van der Waals surface area (Å²) in [5, 5.41) is 1.71. The number of rotatable bonds is 3. The monoisotopic (exact) mass is 320 g/mol. The summed E-state index contributed by atoms with van der Waals surface area (Å²) in [4.78, 5) is 9.90. The van der Waals surface area contributed by atoms with Gasteiger partial charge in [-0.25, -0.2) is 4.39 Å². The van der Waals surface area contributed by atoms with Crippen LogP contribution >= 0.6 is 11.8 Å². The molecule has 2 nitrogen and oxygen atoms in total. The molecule has 0 radical (unpaired) electrons. The number of pyridine rings is 2. The largest absolute Gasteiger partial charge is 0.256 e. The van der Waals surface area contributed by atoms with E-state index in [2.05, 4.69) is 16.0 Å². The standard InChI is InChI=1S/C19H13FN2S/c20-16-8-7-13(19-14(16)5-3-10-22-19)12-23-18-9-11-21-17-6-2-1-4-15(17)18/h1-11H,12H2. The van der Waals surface area contributed by atoms with Crippen molar-refractivity contribution in [3.8, 4) is 0 Å². The van der Waals surface area contributed by atoms with Crippen molar-refractivity contribution in [2.75, 3.05) is 0 Å². The van der Waals surface area contributed by atoms with Crippen LogP contribution in [0.2, 0.25) is 0 Å². The molecule has 0 spiro atoms. The molecule has 2 aromatic carbocycles. The zero-order chi connectivity index (χ0) is 15.6. The van der Waals surface area contributed by atoms with Crippen LogP contribution in [0.15, 0.2) is 71.9 Å². The molecule has 112 valence electrons. The van der Waals surface area contributed by atoms with E-state index in [1.54, 1.807) is 30.1 Å². The van der Waals surface area contributed by atoms with Crippen LogP contribution in [-0.4, -0.2) is 9.97 Å². The van der Waals surface area contributed by atoms with Gasteiger partial charge in [-0.1, -0.05) is 24.3 Å². The summed E-state index contributed by atoms with van der Waals surface area (Å²) in [7, 11) is 0. The number of hydrogen-bond donors (Lipinski definition) is 0. The van der Waals surface area contributed by atoms with E-state index in [-0.39, 0.29) is 5.82 Å². The molecular formula is C19H13FN2S. The molecule has 0 bridgehead atoms. The maximum absolute atomic E-state index is 13.9. The molecule has 0 atom stereocenters. The van der Waals surface area contributed by atoms with Gasteiger partial charge in [-0.2, -0.15) is 0 Å². The Labute approximate surface area is 137 Å². The van der Waals surface area contributed by atoms with Gasteiger partial charge in [0.15, 0.2) is 0 Å². The number of aromatic nitrogens is 2. The summed E-state index contributed by atoms with van der Waals surface area (Å²) in [6.45, 7) is 0. The highest BCUT2D eigenvalue weighted by Crippen LogP contribution is 2.31. The predicted molar refractivity (Wildman–Crippen MR) is 93.0 cm³/mol. The summed E-state index contributed by atoms with van der Waals surface area (Å²) in [6, 6.07) is 17.0. The Hall–Kier alpha value is -2.46. The van der Waals surface area contributed by atoms with Gasteiger partial charge in [0.1, 0.15) is 5.82 Å². The van der Waals surface area contributed by atoms with Crippen molar-refractivity contribution < 1.29 is 4.39 Å². The number of nitrogens with zero attached hydrogens (tertiary/aromatic N) is 2. The molecule has 0 aliphatic rings. The lowest BCUT2D eigenvalue weighted by molar-refractivity contribution is 0.639. The Kier molecular flexibility index (Phi) is 3.67. The lowest BCUT2D eigenvalue weighted by atomic mass is 10.1. The van der Waals surface area contributed by atoms with Crippen molar-refractivity contribution in [2.24, 2.45) is 0 Å². The van der Waals surface area contributed by atoms with Gasteiger partial charge in [0.25, 0.3) is 0 Å². The highest BCUT2D eigenvalue weighted by Gasteiger charge is 2.08. The highest BCUT2D eigenvalue weighted by molar-refractivity contribution is 7.98. The fourth-order valence-corrected chi connectivity index (χ4v) is 3.69. The number of hydrogen-bond acceptors (Lipinski definition) is 3. The quantitative estimate of drug-likeness (QED) is 0.484. The predicted octanol–water partition coefficient (Wildman–Crippen LogP) is 5.21. The maximum atomic E-state index is 13.9. The van der Waals surface area contributed by atoms with E-state index in [0.717, 1.165) is 27.7 Å². The molecule has 4 heteroatoms. The second-order valence-corrected chi connectivity index (χ2v) is 6.24. The Balaban J connectivity index is 1.71. The summed E-state index contributed by atoms with van der Waals surface area (Å²) in [5.41, 5.74) is 2.76. The second kappa shape index (κ2) is 5.97. The van der Waals surface area contributed by atoms with Crippen molar-refractivity contribution in [1.29, 1.82) is 0 Å². The van der Waals surface area contributed by atoms with E-state index in [0.29, 0.717) is 5.39 Å². The van der Waals surface area contributed by atoms with Crippen LogP contribution in [-0.2, 0) is 5.75 Å². The van der Waals surface area contributed by atoms with Gasteiger partial charge in [-0.05, 0) is 35.9 Å². The Morgan fingerprint density at radius 3 is 2.65 bits per heavy atom. The van der Waals surface area contributed by atoms with Crippen LogP contribution in [0.25, 0.3) is 21.8 Å². The third-order valence-corrected chi connectivity index (χ3v) is 4.91. The van der Waals surface area contributed by atoms with Crippen LogP contribution < -0.4 is 0 Å². The molecule has 23 heavy (non-hydrogen) atoms. The zero-order valence-electron chi connectivity index (χ0n) is 12.2. The first-order valence-electron chi connectivity index (χ1n) is 7.31. The summed E-state index contributed by atoms with van der Waals surface area (Å²) in [5.74, 6) is 0.512. The Morgan fingerprint density at radius 2 is 1.70 bits per heavy atom. The molecule has 0 amide bonds. The van der Waals surface area contributed by atoms with E-state index < -0.39 is 0 Å². The van der Waals surface area contributed by atoms with Crippen LogP contribution in [0.3, 0.4) is 0 Å². The number of thioether (sulfide) groups is 1. The van der Waals surface area contributed by atoms with Crippen molar-refractivity contribution in [3.63, 3.8) is 0 Å². The minimum Gasteiger partial charge on any atom is -0.256 e. The fraction of sp³-hybridized carbons (Fsp3) is 0.0526. The lowest BCUT2D eigenvalue weighted by Gasteiger charge is -2.08. The highest BCUT2D eigenvalue weighted by atomic mass is 32.2. The topological polar surface area (TPSA) is 25.8 Å². The normalized spacial score (nSPS) is 11.2. The zero-order valence-corrected chi connectivity index (χ0v) is 13.1. The Bertz CT molecular complexity index is 995. The molecule has 2 heterocycles. The third kappa shape index (κ3) is 2.66. The van der Waals surface area contributed by atoms with Crippen molar-refractivity contribution >= 4 is 33.6 Å². The number of fused-ring (bicyclic) bond motifs is 2. The van der Waals surface area contributed by atoms with Crippen LogP contribution in [0, 0.1) is 5.82 Å². The molecule has 2 aromatic heterocycles. The van der Waals surface area contributed by atoms with Crippen molar-refractivity contribution in [2.45, 2.75) is 10.6 Å². The molecule has 0 fully saturated rings. The minimum atomic E-state index is -0.226. The minimum absolute atomic E-state index is 0.226. The maximum Gasteiger partial charge on any atom is 0.132 e. The van der Waals surface area contributed by atoms with Gasteiger partial charge in [0, 0.05) is 33.8 Å². The van der Waals surface area contributed by atoms with Gasteiger partial charge in [0.2, 0.25) is 0 Å². The summed E-state index contributed by atoms with van der Waals surface area (Å²) >= 11 is 1.72. The first-order chi connectivity index (χ1) is 11.3. The fourth-order valence-electron chi connectivity index (χ4n) is 2.66. The lowest BCUT2D eigenvalue weighted by Crippen LogP contribution is -1.90. The second-order valence-electron chi connectivity index (χ2n) is 5.22. The third-order valence-electron chi connectivity index (χ3n) is 3.79.